The molecule has 5 aliphatic carbocycles. The summed E-state index contributed by atoms with van der Waals surface area (Å²) in [6.45, 7) is 16.8. The Kier molecular flexibility index (Phi) is 5.23. The SMILES string of the molecule is CC1C2C3CCC4C5(C)CCC(O)C(C)(C)C5CCC4(C)C3(C)CCC2(CO)C=CC1(C)O. The first-order valence-electron chi connectivity index (χ1n) is 13.9. The van der Waals surface area contributed by atoms with Crippen LogP contribution in [-0.2, 0) is 0 Å². The number of aliphatic hydroxyl groups excluding tert-OH is 2. The van der Waals surface area contributed by atoms with Gasteiger partial charge in [-0.25, -0.2) is 0 Å². The van der Waals surface area contributed by atoms with Crippen molar-refractivity contribution in [1.82, 2.24) is 0 Å². The lowest BCUT2D eigenvalue weighted by atomic mass is 9.31. The molecule has 33 heavy (non-hydrogen) atoms. The van der Waals surface area contributed by atoms with Crippen LogP contribution in [-0.4, -0.2) is 33.6 Å². The third-order valence-corrected chi connectivity index (χ3v) is 13.6. The zero-order valence-corrected chi connectivity index (χ0v) is 22.3. The van der Waals surface area contributed by atoms with Gasteiger partial charge >= 0.3 is 0 Å². The molecule has 0 aromatic heterocycles. The van der Waals surface area contributed by atoms with Gasteiger partial charge in [-0.05, 0) is 110 Å². The average molecular weight is 459 g/mol. The van der Waals surface area contributed by atoms with Crippen molar-refractivity contribution in [3.8, 4) is 0 Å². The Morgan fingerprint density at radius 2 is 1.48 bits per heavy atom. The van der Waals surface area contributed by atoms with E-state index >= 15 is 0 Å². The van der Waals surface area contributed by atoms with Crippen molar-refractivity contribution in [2.75, 3.05) is 6.61 Å². The predicted molar refractivity (Wildman–Crippen MR) is 133 cm³/mol. The van der Waals surface area contributed by atoms with E-state index in [1.165, 1.54) is 32.1 Å². The molecule has 188 valence electrons. The van der Waals surface area contributed by atoms with Gasteiger partial charge < -0.3 is 15.3 Å². The normalized spacial score (nSPS) is 59.7. The van der Waals surface area contributed by atoms with Crippen LogP contribution >= 0.6 is 0 Å². The molecule has 4 fully saturated rings. The van der Waals surface area contributed by atoms with Crippen LogP contribution < -0.4 is 0 Å². The standard InChI is InChI=1S/C30H50O3/c1-19-24-20-8-9-22-26(4)12-11-23(32)25(2,3)21(26)10-13-28(22,6)27(20,5)14-16-30(24,18-31)17-15-29(19,7)33/h15,17,19-24,31-33H,8-14,16,18H2,1-7H3. The van der Waals surface area contributed by atoms with Crippen LogP contribution in [0.1, 0.15) is 99.8 Å². The molecule has 0 heterocycles. The fraction of sp³-hybridized carbons (Fsp3) is 0.933. The smallest absolute Gasteiger partial charge is 0.0828 e. The molecule has 0 radical (unpaired) electrons. The third kappa shape index (κ3) is 2.85. The summed E-state index contributed by atoms with van der Waals surface area (Å²) >= 11 is 0. The highest BCUT2D eigenvalue weighted by Crippen LogP contribution is 2.76. The highest BCUT2D eigenvalue weighted by molar-refractivity contribution is 5.25. The minimum atomic E-state index is -0.799. The lowest BCUT2D eigenvalue weighted by Gasteiger charge is -2.73. The molecule has 5 rings (SSSR count). The Labute approximate surface area is 202 Å². The van der Waals surface area contributed by atoms with Crippen LogP contribution in [0.2, 0.25) is 0 Å². The van der Waals surface area contributed by atoms with Crippen molar-refractivity contribution in [2.24, 2.45) is 56.7 Å². The second kappa shape index (κ2) is 7.10. The fourth-order valence-corrected chi connectivity index (χ4v) is 11.2. The largest absolute Gasteiger partial charge is 0.395 e. The second-order valence-corrected chi connectivity index (χ2v) is 14.8. The Morgan fingerprint density at radius 1 is 0.788 bits per heavy atom. The van der Waals surface area contributed by atoms with Gasteiger partial charge in [0.05, 0.1) is 18.3 Å². The van der Waals surface area contributed by atoms with Gasteiger partial charge in [0.25, 0.3) is 0 Å². The summed E-state index contributed by atoms with van der Waals surface area (Å²) in [4.78, 5) is 0. The fourth-order valence-electron chi connectivity index (χ4n) is 11.2. The predicted octanol–water partition coefficient (Wildman–Crippen LogP) is 5.97. The second-order valence-electron chi connectivity index (χ2n) is 14.8. The molecule has 0 aromatic rings. The highest BCUT2D eigenvalue weighted by atomic mass is 16.3. The molecule has 0 aliphatic heterocycles. The number of aliphatic hydroxyl groups is 3. The number of rotatable bonds is 1. The molecule has 3 nitrogen and oxygen atoms in total. The van der Waals surface area contributed by atoms with Gasteiger partial charge in [0.15, 0.2) is 0 Å². The van der Waals surface area contributed by atoms with Gasteiger partial charge in [-0.3, -0.25) is 0 Å². The number of hydrogen-bond acceptors (Lipinski definition) is 3. The molecular formula is C30H50O3. The van der Waals surface area contributed by atoms with Crippen molar-refractivity contribution >= 4 is 0 Å². The van der Waals surface area contributed by atoms with Crippen LogP contribution in [0.15, 0.2) is 12.2 Å². The summed E-state index contributed by atoms with van der Waals surface area (Å²) in [6.07, 6.45) is 13.3. The summed E-state index contributed by atoms with van der Waals surface area (Å²) in [6, 6.07) is 0. The minimum Gasteiger partial charge on any atom is -0.395 e. The van der Waals surface area contributed by atoms with Crippen LogP contribution in [0, 0.1) is 56.7 Å². The van der Waals surface area contributed by atoms with E-state index in [1.807, 2.05) is 13.0 Å². The van der Waals surface area contributed by atoms with Crippen LogP contribution in [0.5, 0.6) is 0 Å². The van der Waals surface area contributed by atoms with E-state index in [9.17, 15) is 15.3 Å². The van der Waals surface area contributed by atoms with E-state index in [0.717, 1.165) is 19.3 Å². The quantitative estimate of drug-likeness (QED) is 0.424. The zero-order chi connectivity index (χ0) is 24.2. The van der Waals surface area contributed by atoms with E-state index in [-0.39, 0.29) is 40.3 Å². The first kappa shape index (κ1) is 24.3. The Hall–Kier alpha value is -0.380. The maximum absolute atomic E-state index is 11.2. The van der Waals surface area contributed by atoms with Gasteiger partial charge in [0.2, 0.25) is 0 Å². The van der Waals surface area contributed by atoms with Crippen molar-refractivity contribution in [3.05, 3.63) is 12.2 Å². The summed E-state index contributed by atoms with van der Waals surface area (Å²) in [5.41, 5.74) is -0.193. The molecule has 0 amide bonds. The first-order valence-corrected chi connectivity index (χ1v) is 13.9. The van der Waals surface area contributed by atoms with Crippen LogP contribution in [0.3, 0.4) is 0 Å². The van der Waals surface area contributed by atoms with E-state index in [0.29, 0.717) is 29.1 Å². The Balaban J connectivity index is 1.56. The molecule has 0 aromatic carbocycles. The molecule has 11 atom stereocenters. The average Bonchev–Trinajstić information content (AvgIpc) is 2.74. The highest BCUT2D eigenvalue weighted by Gasteiger charge is 2.70. The van der Waals surface area contributed by atoms with Gasteiger partial charge in [-0.2, -0.15) is 0 Å². The molecule has 0 spiro atoms. The van der Waals surface area contributed by atoms with E-state index < -0.39 is 5.60 Å². The minimum absolute atomic E-state index is 0.00787. The van der Waals surface area contributed by atoms with Gasteiger partial charge in [-0.1, -0.05) is 53.7 Å². The molecule has 5 aliphatic rings. The molecule has 3 heteroatoms. The van der Waals surface area contributed by atoms with Crippen molar-refractivity contribution in [1.29, 1.82) is 0 Å². The maximum Gasteiger partial charge on any atom is 0.0828 e. The molecular weight excluding hydrogens is 408 g/mol. The van der Waals surface area contributed by atoms with Crippen LogP contribution in [0.25, 0.3) is 0 Å². The summed E-state index contributed by atoms with van der Waals surface area (Å²) in [5.74, 6) is 2.29. The number of fused-ring (bicyclic) bond motifs is 7. The Morgan fingerprint density at radius 3 is 2.15 bits per heavy atom. The molecule has 4 saturated carbocycles. The molecule has 0 saturated heterocycles. The van der Waals surface area contributed by atoms with Gasteiger partial charge in [0, 0.05) is 5.41 Å². The maximum atomic E-state index is 11.2. The van der Waals surface area contributed by atoms with Crippen LogP contribution in [0.4, 0.5) is 0 Å². The van der Waals surface area contributed by atoms with Crippen molar-refractivity contribution < 1.29 is 15.3 Å². The molecule has 11 unspecified atom stereocenters. The zero-order valence-electron chi connectivity index (χ0n) is 22.3. The topological polar surface area (TPSA) is 60.7 Å². The third-order valence-electron chi connectivity index (χ3n) is 13.6. The van der Waals surface area contributed by atoms with Gasteiger partial charge in [0.1, 0.15) is 0 Å². The molecule has 0 bridgehead atoms. The van der Waals surface area contributed by atoms with E-state index in [4.69, 9.17) is 0 Å². The summed E-state index contributed by atoms with van der Waals surface area (Å²) < 4.78 is 0. The molecule has 3 N–H and O–H groups in total. The monoisotopic (exact) mass is 458 g/mol. The summed E-state index contributed by atoms with van der Waals surface area (Å²) in [7, 11) is 0. The lowest BCUT2D eigenvalue weighted by molar-refractivity contribution is -0.256. The van der Waals surface area contributed by atoms with E-state index in [1.54, 1.807) is 0 Å². The first-order chi connectivity index (χ1) is 15.2. The number of hydrogen-bond donors (Lipinski definition) is 3. The van der Waals surface area contributed by atoms with Gasteiger partial charge in [-0.15, -0.1) is 0 Å². The Bertz CT molecular complexity index is 830. The van der Waals surface area contributed by atoms with E-state index in [2.05, 4.69) is 47.6 Å². The van der Waals surface area contributed by atoms with Crippen molar-refractivity contribution in [2.45, 2.75) is 112 Å². The summed E-state index contributed by atoms with van der Waals surface area (Å²) in [5, 5.41) is 32.8. The lowest BCUT2D eigenvalue weighted by Crippen LogP contribution is -2.68. The van der Waals surface area contributed by atoms with Crippen molar-refractivity contribution in [3.63, 3.8) is 0 Å².